The Labute approximate surface area is 116 Å². The first-order chi connectivity index (χ1) is 9.11. The normalized spacial score (nSPS) is 23.4. The monoisotopic (exact) mass is 284 g/mol. The number of aromatic nitrogens is 2. The number of piperidine rings is 1. The van der Waals surface area contributed by atoms with Crippen LogP contribution in [0.5, 0.6) is 0 Å². The molecule has 1 aliphatic rings. The van der Waals surface area contributed by atoms with Crippen LogP contribution in [-0.2, 0) is 0 Å². The molecule has 1 saturated heterocycles. The maximum atomic E-state index is 12.2. The number of carbonyl (C=O) groups is 1. The Hall–Kier alpha value is -1.21. The number of amides is 1. The first kappa shape index (κ1) is 14.2. The zero-order chi connectivity index (χ0) is 13.8. The number of aliphatic hydroxyl groups is 1. The molecule has 0 spiro atoms. The Morgan fingerprint density at radius 2 is 2.37 bits per heavy atom. The van der Waals surface area contributed by atoms with Crippen LogP contribution in [0.4, 0.5) is 5.13 Å². The molecule has 7 heteroatoms. The molecule has 0 aliphatic carbocycles. The lowest BCUT2D eigenvalue weighted by atomic mass is 9.96. The van der Waals surface area contributed by atoms with Gasteiger partial charge in [0.2, 0.25) is 10.1 Å². The van der Waals surface area contributed by atoms with Gasteiger partial charge in [-0.2, -0.15) is 0 Å². The second kappa shape index (κ2) is 6.29. The Bertz CT molecular complexity index is 437. The molecule has 19 heavy (non-hydrogen) atoms. The maximum absolute atomic E-state index is 12.2. The van der Waals surface area contributed by atoms with E-state index in [1.54, 1.807) is 4.90 Å². The topological polar surface area (TPSA) is 78.4 Å². The van der Waals surface area contributed by atoms with E-state index in [2.05, 4.69) is 22.4 Å². The third kappa shape index (κ3) is 3.42. The van der Waals surface area contributed by atoms with Crippen molar-refractivity contribution in [2.75, 3.05) is 25.0 Å². The van der Waals surface area contributed by atoms with E-state index in [1.807, 2.05) is 6.92 Å². The highest BCUT2D eigenvalue weighted by Gasteiger charge is 2.29. The largest absolute Gasteiger partial charge is 0.391 e. The van der Waals surface area contributed by atoms with Crippen LogP contribution in [0.15, 0.2) is 0 Å². The van der Waals surface area contributed by atoms with Crippen molar-refractivity contribution in [1.29, 1.82) is 0 Å². The molecule has 2 heterocycles. The Kier molecular flexibility index (Phi) is 4.71. The van der Waals surface area contributed by atoms with Crippen LogP contribution in [0.1, 0.15) is 36.5 Å². The number of rotatable bonds is 4. The Balaban J connectivity index is 1.97. The summed E-state index contributed by atoms with van der Waals surface area (Å²) in [7, 11) is 0. The summed E-state index contributed by atoms with van der Waals surface area (Å²) in [6.45, 7) is 5.95. The number of β-amino-alcohol motifs (C(OH)–C–C–N with tert-alkyl or cyclic N) is 1. The summed E-state index contributed by atoms with van der Waals surface area (Å²) in [6.07, 6.45) is 1.38. The van der Waals surface area contributed by atoms with Crippen molar-refractivity contribution in [3.05, 3.63) is 5.01 Å². The number of anilines is 1. The fraction of sp³-hybridized carbons (Fsp3) is 0.750. The van der Waals surface area contributed by atoms with E-state index in [9.17, 15) is 9.90 Å². The van der Waals surface area contributed by atoms with Gasteiger partial charge in [-0.3, -0.25) is 4.79 Å². The summed E-state index contributed by atoms with van der Waals surface area (Å²) in [6, 6.07) is 0. The molecule has 0 radical (unpaired) electrons. The highest BCUT2D eigenvalue weighted by atomic mass is 32.1. The quantitative estimate of drug-likeness (QED) is 0.868. The van der Waals surface area contributed by atoms with Gasteiger partial charge in [-0.15, -0.1) is 10.2 Å². The minimum absolute atomic E-state index is 0.131. The lowest BCUT2D eigenvalue weighted by molar-refractivity contribution is 0.0248. The van der Waals surface area contributed by atoms with Gasteiger partial charge in [0.1, 0.15) is 0 Å². The summed E-state index contributed by atoms with van der Waals surface area (Å²) in [5, 5.41) is 21.9. The molecular formula is C12H20N4O2S. The third-order valence-electron chi connectivity index (χ3n) is 3.34. The van der Waals surface area contributed by atoms with Crippen LogP contribution >= 0.6 is 11.3 Å². The van der Waals surface area contributed by atoms with Crippen LogP contribution in [0.2, 0.25) is 0 Å². The number of aliphatic hydroxyl groups excluding tert-OH is 1. The molecule has 1 aromatic rings. The van der Waals surface area contributed by atoms with Gasteiger partial charge in [0.15, 0.2) is 0 Å². The molecule has 0 bridgehead atoms. The molecule has 2 rings (SSSR count). The van der Waals surface area contributed by atoms with E-state index < -0.39 is 6.10 Å². The SMILES string of the molecule is CCCNc1nnc(C(=O)N2CCC(C)C(O)C2)s1. The van der Waals surface area contributed by atoms with Crippen LogP contribution in [0, 0.1) is 5.92 Å². The molecule has 2 atom stereocenters. The van der Waals surface area contributed by atoms with E-state index in [0.29, 0.717) is 23.2 Å². The molecule has 0 aromatic carbocycles. The van der Waals surface area contributed by atoms with Gasteiger partial charge in [0.05, 0.1) is 6.10 Å². The molecule has 6 nitrogen and oxygen atoms in total. The first-order valence-corrected chi connectivity index (χ1v) is 7.48. The van der Waals surface area contributed by atoms with E-state index in [4.69, 9.17) is 0 Å². The molecule has 106 valence electrons. The van der Waals surface area contributed by atoms with Gasteiger partial charge in [0, 0.05) is 19.6 Å². The lowest BCUT2D eigenvalue weighted by Crippen LogP contribution is -2.45. The maximum Gasteiger partial charge on any atom is 0.284 e. The van der Waals surface area contributed by atoms with E-state index in [0.717, 1.165) is 19.4 Å². The predicted octanol–water partition coefficient (Wildman–Crippen LogP) is 1.20. The second-order valence-electron chi connectivity index (χ2n) is 4.92. The van der Waals surface area contributed by atoms with Crippen LogP contribution < -0.4 is 5.32 Å². The molecule has 2 N–H and O–H groups in total. The van der Waals surface area contributed by atoms with Gasteiger partial charge in [-0.1, -0.05) is 25.2 Å². The number of hydrogen-bond donors (Lipinski definition) is 2. The van der Waals surface area contributed by atoms with Crippen molar-refractivity contribution in [2.24, 2.45) is 5.92 Å². The van der Waals surface area contributed by atoms with Crippen molar-refractivity contribution in [3.63, 3.8) is 0 Å². The lowest BCUT2D eigenvalue weighted by Gasteiger charge is -2.33. The summed E-state index contributed by atoms with van der Waals surface area (Å²) in [5.41, 5.74) is 0. The van der Waals surface area contributed by atoms with E-state index in [1.165, 1.54) is 11.3 Å². The minimum atomic E-state index is -0.441. The third-order valence-corrected chi connectivity index (χ3v) is 4.21. The number of nitrogens with zero attached hydrogens (tertiary/aromatic N) is 3. The zero-order valence-corrected chi connectivity index (χ0v) is 12.1. The number of nitrogens with one attached hydrogen (secondary N) is 1. The van der Waals surface area contributed by atoms with Gasteiger partial charge < -0.3 is 15.3 Å². The first-order valence-electron chi connectivity index (χ1n) is 6.66. The van der Waals surface area contributed by atoms with Gasteiger partial charge in [-0.05, 0) is 18.8 Å². The highest BCUT2D eigenvalue weighted by molar-refractivity contribution is 7.17. The number of hydrogen-bond acceptors (Lipinski definition) is 6. The standard InChI is InChI=1S/C12H20N4O2S/c1-3-5-13-12-15-14-10(19-12)11(18)16-6-4-8(2)9(17)7-16/h8-9,17H,3-7H2,1-2H3,(H,13,15). The Morgan fingerprint density at radius 1 is 1.58 bits per heavy atom. The van der Waals surface area contributed by atoms with Crippen LogP contribution in [-0.4, -0.2) is 51.8 Å². The summed E-state index contributed by atoms with van der Waals surface area (Å²) in [4.78, 5) is 13.9. The van der Waals surface area contributed by atoms with E-state index in [-0.39, 0.29) is 11.8 Å². The summed E-state index contributed by atoms with van der Waals surface area (Å²) < 4.78 is 0. The van der Waals surface area contributed by atoms with Crippen molar-refractivity contribution in [3.8, 4) is 0 Å². The second-order valence-corrected chi connectivity index (χ2v) is 5.90. The number of likely N-dealkylation sites (tertiary alicyclic amines) is 1. The average molecular weight is 284 g/mol. The number of carbonyl (C=O) groups excluding carboxylic acids is 1. The van der Waals surface area contributed by atoms with Crippen molar-refractivity contribution < 1.29 is 9.90 Å². The van der Waals surface area contributed by atoms with Crippen LogP contribution in [0.25, 0.3) is 0 Å². The molecule has 1 amide bonds. The van der Waals surface area contributed by atoms with Gasteiger partial charge in [-0.25, -0.2) is 0 Å². The predicted molar refractivity (Wildman–Crippen MR) is 74.4 cm³/mol. The highest BCUT2D eigenvalue weighted by Crippen LogP contribution is 2.21. The average Bonchev–Trinajstić information content (AvgIpc) is 2.87. The summed E-state index contributed by atoms with van der Waals surface area (Å²) >= 11 is 1.27. The van der Waals surface area contributed by atoms with Crippen molar-refractivity contribution in [1.82, 2.24) is 15.1 Å². The van der Waals surface area contributed by atoms with Crippen molar-refractivity contribution >= 4 is 22.4 Å². The van der Waals surface area contributed by atoms with E-state index >= 15 is 0 Å². The fourth-order valence-electron chi connectivity index (χ4n) is 1.98. The summed E-state index contributed by atoms with van der Waals surface area (Å²) in [5.74, 6) is 0.119. The van der Waals surface area contributed by atoms with Crippen LogP contribution in [0.3, 0.4) is 0 Å². The fourth-order valence-corrected chi connectivity index (χ4v) is 2.72. The molecule has 0 saturated carbocycles. The van der Waals surface area contributed by atoms with Crippen molar-refractivity contribution in [2.45, 2.75) is 32.8 Å². The van der Waals surface area contributed by atoms with Gasteiger partial charge in [0.25, 0.3) is 5.91 Å². The zero-order valence-electron chi connectivity index (χ0n) is 11.3. The minimum Gasteiger partial charge on any atom is -0.391 e. The molecule has 1 fully saturated rings. The molecule has 1 aromatic heterocycles. The Morgan fingerprint density at radius 3 is 3.05 bits per heavy atom. The molecular weight excluding hydrogens is 264 g/mol. The molecule has 1 aliphatic heterocycles. The smallest absolute Gasteiger partial charge is 0.284 e. The van der Waals surface area contributed by atoms with Gasteiger partial charge >= 0.3 is 0 Å². The molecule has 2 unspecified atom stereocenters.